The molecular weight excluding hydrogens is 348 g/mol. The lowest BCUT2D eigenvalue weighted by Gasteiger charge is -2.09. The predicted octanol–water partition coefficient (Wildman–Crippen LogP) is 4.63. The number of hydrogen-bond donors (Lipinski definition) is 1. The van der Waals surface area contributed by atoms with Gasteiger partial charge >= 0.3 is 0 Å². The van der Waals surface area contributed by atoms with Crippen molar-refractivity contribution in [3.63, 3.8) is 0 Å². The SMILES string of the molecule is CC(C)Oc1ccc(/C=C2/N=C(CCc3cccc(Cl)c3)NC2=O)cc1. The van der Waals surface area contributed by atoms with E-state index in [1.165, 1.54) is 0 Å². The second kappa shape index (κ2) is 8.19. The van der Waals surface area contributed by atoms with Crippen LogP contribution in [-0.4, -0.2) is 17.8 Å². The van der Waals surface area contributed by atoms with Crippen LogP contribution < -0.4 is 10.1 Å². The van der Waals surface area contributed by atoms with Crippen molar-refractivity contribution in [2.45, 2.75) is 32.8 Å². The lowest BCUT2D eigenvalue weighted by molar-refractivity contribution is -0.115. The van der Waals surface area contributed by atoms with Gasteiger partial charge in [0, 0.05) is 11.4 Å². The third kappa shape index (κ3) is 4.96. The fourth-order valence-electron chi connectivity index (χ4n) is 2.66. The quantitative estimate of drug-likeness (QED) is 0.756. The summed E-state index contributed by atoms with van der Waals surface area (Å²) < 4.78 is 5.62. The van der Waals surface area contributed by atoms with E-state index in [0.717, 1.165) is 23.3 Å². The Hall–Kier alpha value is -2.59. The Bertz CT molecular complexity index is 855. The van der Waals surface area contributed by atoms with Gasteiger partial charge in [-0.05, 0) is 61.7 Å². The molecular formula is C21H21ClN2O2. The van der Waals surface area contributed by atoms with Crippen LogP contribution in [0.1, 0.15) is 31.4 Å². The summed E-state index contributed by atoms with van der Waals surface area (Å²) in [6.45, 7) is 3.97. The number of benzene rings is 2. The monoisotopic (exact) mass is 368 g/mol. The molecule has 1 aliphatic rings. The van der Waals surface area contributed by atoms with Gasteiger partial charge < -0.3 is 10.1 Å². The van der Waals surface area contributed by atoms with E-state index in [1.54, 1.807) is 6.08 Å². The second-order valence-electron chi connectivity index (χ2n) is 6.41. The minimum Gasteiger partial charge on any atom is -0.491 e. The highest BCUT2D eigenvalue weighted by atomic mass is 35.5. The first-order valence-electron chi connectivity index (χ1n) is 8.61. The van der Waals surface area contributed by atoms with E-state index < -0.39 is 0 Å². The molecule has 26 heavy (non-hydrogen) atoms. The van der Waals surface area contributed by atoms with E-state index in [2.05, 4.69) is 10.3 Å². The number of halogens is 1. The summed E-state index contributed by atoms with van der Waals surface area (Å²) in [6, 6.07) is 15.3. The third-order valence-corrected chi connectivity index (χ3v) is 4.08. The molecule has 3 rings (SSSR count). The molecule has 0 atom stereocenters. The van der Waals surface area contributed by atoms with Crippen LogP contribution in [-0.2, 0) is 11.2 Å². The number of nitrogens with one attached hydrogen (secondary N) is 1. The van der Waals surface area contributed by atoms with Crippen molar-refractivity contribution in [3.05, 3.63) is 70.4 Å². The number of hydrogen-bond acceptors (Lipinski definition) is 3. The van der Waals surface area contributed by atoms with Crippen LogP contribution in [0.2, 0.25) is 5.02 Å². The zero-order valence-corrected chi connectivity index (χ0v) is 15.6. The number of amides is 1. The maximum atomic E-state index is 12.1. The van der Waals surface area contributed by atoms with Crippen LogP contribution in [0.15, 0.2) is 59.2 Å². The Kier molecular flexibility index (Phi) is 5.74. The van der Waals surface area contributed by atoms with Crippen molar-refractivity contribution >= 4 is 29.4 Å². The zero-order valence-electron chi connectivity index (χ0n) is 14.8. The van der Waals surface area contributed by atoms with Crippen molar-refractivity contribution in [1.82, 2.24) is 5.32 Å². The Morgan fingerprint density at radius 3 is 2.62 bits per heavy atom. The highest BCUT2D eigenvalue weighted by Gasteiger charge is 2.19. The molecule has 0 unspecified atom stereocenters. The molecule has 0 saturated heterocycles. The average molecular weight is 369 g/mol. The normalized spacial score (nSPS) is 15.3. The van der Waals surface area contributed by atoms with Crippen LogP contribution in [0.25, 0.3) is 6.08 Å². The highest BCUT2D eigenvalue weighted by Crippen LogP contribution is 2.18. The topological polar surface area (TPSA) is 50.7 Å². The Morgan fingerprint density at radius 2 is 1.92 bits per heavy atom. The molecule has 0 bridgehead atoms. The summed E-state index contributed by atoms with van der Waals surface area (Å²) in [5, 5.41) is 3.54. The van der Waals surface area contributed by atoms with Crippen LogP contribution >= 0.6 is 11.6 Å². The molecule has 134 valence electrons. The molecule has 5 heteroatoms. The highest BCUT2D eigenvalue weighted by molar-refractivity contribution is 6.30. The van der Waals surface area contributed by atoms with Gasteiger partial charge in [0.1, 0.15) is 17.3 Å². The third-order valence-electron chi connectivity index (χ3n) is 3.84. The van der Waals surface area contributed by atoms with Crippen molar-refractivity contribution < 1.29 is 9.53 Å². The van der Waals surface area contributed by atoms with E-state index in [-0.39, 0.29) is 12.0 Å². The van der Waals surface area contributed by atoms with Gasteiger partial charge in [0.15, 0.2) is 0 Å². The summed E-state index contributed by atoms with van der Waals surface area (Å²) in [7, 11) is 0. The molecule has 0 aromatic heterocycles. The maximum absolute atomic E-state index is 12.1. The van der Waals surface area contributed by atoms with Gasteiger partial charge in [-0.3, -0.25) is 4.79 Å². The van der Waals surface area contributed by atoms with Gasteiger partial charge in [-0.15, -0.1) is 0 Å². The molecule has 1 aliphatic heterocycles. The number of nitrogens with zero attached hydrogens (tertiary/aromatic N) is 1. The fourth-order valence-corrected chi connectivity index (χ4v) is 2.88. The van der Waals surface area contributed by atoms with Gasteiger partial charge in [-0.1, -0.05) is 35.9 Å². The van der Waals surface area contributed by atoms with E-state index in [1.807, 2.05) is 62.4 Å². The number of rotatable bonds is 6. The Morgan fingerprint density at radius 1 is 1.15 bits per heavy atom. The van der Waals surface area contributed by atoms with Gasteiger partial charge in [-0.2, -0.15) is 0 Å². The predicted molar refractivity (Wildman–Crippen MR) is 106 cm³/mol. The number of aliphatic imine (C=N–C) groups is 1. The molecule has 2 aromatic rings. The van der Waals surface area contributed by atoms with E-state index in [4.69, 9.17) is 16.3 Å². The van der Waals surface area contributed by atoms with E-state index >= 15 is 0 Å². The first kappa shape index (κ1) is 18.2. The number of amidine groups is 1. The zero-order chi connectivity index (χ0) is 18.5. The van der Waals surface area contributed by atoms with E-state index in [0.29, 0.717) is 23.0 Å². The summed E-state index contributed by atoms with van der Waals surface area (Å²) in [4.78, 5) is 16.6. The molecule has 1 amide bonds. The number of aryl methyl sites for hydroxylation is 1. The molecule has 0 aliphatic carbocycles. The van der Waals surface area contributed by atoms with Crippen LogP contribution in [0, 0.1) is 0 Å². The molecule has 1 heterocycles. The average Bonchev–Trinajstić information content (AvgIpc) is 2.94. The minimum atomic E-state index is -0.173. The number of carbonyl (C=O) groups excluding carboxylic acids is 1. The summed E-state index contributed by atoms with van der Waals surface area (Å²) >= 11 is 6.00. The first-order chi connectivity index (χ1) is 12.5. The molecule has 0 saturated carbocycles. The van der Waals surface area contributed by atoms with Gasteiger partial charge in [-0.25, -0.2) is 4.99 Å². The Balaban J connectivity index is 1.66. The molecule has 2 aromatic carbocycles. The maximum Gasteiger partial charge on any atom is 0.275 e. The molecule has 0 radical (unpaired) electrons. The van der Waals surface area contributed by atoms with Crippen LogP contribution in [0.4, 0.5) is 0 Å². The van der Waals surface area contributed by atoms with Gasteiger partial charge in [0.05, 0.1) is 6.10 Å². The van der Waals surface area contributed by atoms with Crippen LogP contribution in [0.3, 0.4) is 0 Å². The fraction of sp³-hybridized carbons (Fsp3) is 0.238. The van der Waals surface area contributed by atoms with Crippen molar-refractivity contribution in [2.24, 2.45) is 4.99 Å². The first-order valence-corrected chi connectivity index (χ1v) is 8.99. The summed E-state index contributed by atoms with van der Waals surface area (Å²) in [5.41, 5.74) is 2.45. The number of ether oxygens (including phenoxy) is 1. The molecule has 4 nitrogen and oxygen atoms in total. The number of carbonyl (C=O) groups is 1. The molecule has 1 N–H and O–H groups in total. The van der Waals surface area contributed by atoms with Gasteiger partial charge in [0.2, 0.25) is 0 Å². The summed E-state index contributed by atoms with van der Waals surface area (Å²) in [6.07, 6.45) is 3.34. The van der Waals surface area contributed by atoms with Crippen LogP contribution in [0.5, 0.6) is 5.75 Å². The standard InChI is InChI=1S/C21H21ClN2O2/c1-14(2)26-18-9-6-16(7-10-18)13-19-21(25)24-20(23-19)11-8-15-4-3-5-17(22)12-15/h3-7,9-10,12-14H,8,11H2,1-2H3,(H,23,24,25)/b19-13+. The van der Waals surface area contributed by atoms with Crippen molar-refractivity contribution in [3.8, 4) is 5.75 Å². The molecule has 0 fully saturated rings. The van der Waals surface area contributed by atoms with Crippen molar-refractivity contribution in [1.29, 1.82) is 0 Å². The van der Waals surface area contributed by atoms with E-state index in [9.17, 15) is 4.79 Å². The second-order valence-corrected chi connectivity index (χ2v) is 6.84. The largest absolute Gasteiger partial charge is 0.491 e. The summed E-state index contributed by atoms with van der Waals surface area (Å²) in [5.74, 6) is 1.32. The Labute approximate surface area is 158 Å². The van der Waals surface area contributed by atoms with Crippen molar-refractivity contribution in [2.75, 3.05) is 0 Å². The lowest BCUT2D eigenvalue weighted by Crippen LogP contribution is -2.24. The minimum absolute atomic E-state index is 0.131. The molecule has 0 spiro atoms. The smallest absolute Gasteiger partial charge is 0.275 e. The lowest BCUT2D eigenvalue weighted by atomic mass is 10.1. The van der Waals surface area contributed by atoms with Gasteiger partial charge in [0.25, 0.3) is 5.91 Å².